The number of Topliss-reactive ketones (excluding diaryl/α,β-unsaturated/α-hetero) is 1. The molecule has 0 aliphatic heterocycles. The smallest absolute Gasteiger partial charge is 0.407 e. The Morgan fingerprint density at radius 3 is 2.40 bits per heavy atom. The molecule has 4 N–H and O–H groups in total. The Kier molecular flexibility index (Phi) is 13.7. The van der Waals surface area contributed by atoms with Crippen molar-refractivity contribution in [2.24, 2.45) is 17.1 Å². The molecule has 0 saturated carbocycles. The second-order valence-electron chi connectivity index (χ2n) is 11.9. The zero-order valence-corrected chi connectivity index (χ0v) is 25.7. The molecule has 0 spiro atoms. The van der Waals surface area contributed by atoms with E-state index < -0.39 is 23.8 Å². The van der Waals surface area contributed by atoms with Gasteiger partial charge < -0.3 is 30.7 Å². The molecular formula is C32H48N4O6. The molecule has 1 aliphatic rings. The van der Waals surface area contributed by atoms with Crippen molar-refractivity contribution < 1.29 is 28.7 Å². The predicted octanol–water partition coefficient (Wildman–Crippen LogP) is 4.49. The first-order valence-corrected chi connectivity index (χ1v) is 14.6. The van der Waals surface area contributed by atoms with E-state index in [9.17, 15) is 19.2 Å². The summed E-state index contributed by atoms with van der Waals surface area (Å²) in [5.74, 6) is -0.387. The standard InChI is InChI=1S/C32H48N4O6/c1-6-25(32(5)17-11-8-12-18-32)22-36(28(38)27(33)15-19-34-30(40)42-31(2,3)4)20-16-26(37)21-35-29(39)41-23-24-13-9-7-10-14-24/h7-14,17,25,27H,6,15-16,18-23,33H2,1-5H3,(H,34,40)(H,35,39)/t25-,27+,32?/m1/s1. The fourth-order valence-electron chi connectivity index (χ4n) is 4.70. The molecule has 10 nitrogen and oxygen atoms in total. The lowest BCUT2D eigenvalue weighted by molar-refractivity contribution is -0.134. The van der Waals surface area contributed by atoms with Crippen molar-refractivity contribution in [2.75, 3.05) is 26.2 Å². The molecule has 42 heavy (non-hydrogen) atoms. The average Bonchev–Trinajstić information content (AvgIpc) is 2.94. The molecule has 3 amide bonds. The minimum absolute atomic E-state index is 0.0521. The van der Waals surface area contributed by atoms with Crippen LogP contribution in [0.15, 0.2) is 54.6 Å². The van der Waals surface area contributed by atoms with E-state index in [4.69, 9.17) is 15.2 Å². The fraction of sp³-hybridized carbons (Fsp3) is 0.562. The van der Waals surface area contributed by atoms with Gasteiger partial charge in [0, 0.05) is 26.1 Å². The van der Waals surface area contributed by atoms with Gasteiger partial charge in [0.1, 0.15) is 12.2 Å². The van der Waals surface area contributed by atoms with Gasteiger partial charge in [0.15, 0.2) is 5.78 Å². The van der Waals surface area contributed by atoms with Crippen LogP contribution in [0.1, 0.15) is 65.9 Å². The number of nitrogens with two attached hydrogens (primary N) is 1. The summed E-state index contributed by atoms with van der Waals surface area (Å²) < 4.78 is 10.4. The Labute approximate surface area is 250 Å². The van der Waals surface area contributed by atoms with Gasteiger partial charge in [-0.15, -0.1) is 0 Å². The van der Waals surface area contributed by atoms with Gasteiger partial charge in [-0.2, -0.15) is 0 Å². The number of nitrogens with zero attached hydrogens (tertiary/aromatic N) is 1. The number of hydrogen-bond donors (Lipinski definition) is 3. The van der Waals surface area contributed by atoms with Crippen LogP contribution in [0, 0.1) is 11.3 Å². The molecule has 0 radical (unpaired) electrons. The van der Waals surface area contributed by atoms with E-state index in [1.54, 1.807) is 25.7 Å². The quantitative estimate of drug-likeness (QED) is 0.276. The third-order valence-corrected chi connectivity index (χ3v) is 7.20. The summed E-state index contributed by atoms with van der Waals surface area (Å²) in [5.41, 5.74) is 6.35. The molecule has 1 aliphatic carbocycles. The molecule has 0 heterocycles. The Hall–Kier alpha value is -3.66. The second-order valence-corrected chi connectivity index (χ2v) is 11.9. The van der Waals surface area contributed by atoms with E-state index in [2.05, 4.69) is 36.6 Å². The van der Waals surface area contributed by atoms with Crippen LogP contribution >= 0.6 is 0 Å². The number of rotatable bonds is 15. The van der Waals surface area contributed by atoms with Crippen LogP contribution in [0.25, 0.3) is 0 Å². The van der Waals surface area contributed by atoms with Gasteiger partial charge in [-0.1, -0.05) is 74.9 Å². The number of ketones is 1. The fourth-order valence-corrected chi connectivity index (χ4v) is 4.70. The van der Waals surface area contributed by atoms with E-state index in [-0.39, 0.29) is 62.1 Å². The molecule has 0 saturated heterocycles. The monoisotopic (exact) mass is 584 g/mol. The summed E-state index contributed by atoms with van der Waals surface area (Å²) in [6, 6.07) is 8.38. The number of carbonyl (C=O) groups is 4. The Balaban J connectivity index is 1.96. The number of allylic oxidation sites excluding steroid dienone is 4. The molecule has 3 atom stereocenters. The molecule has 1 unspecified atom stereocenters. The first-order valence-electron chi connectivity index (χ1n) is 14.6. The maximum atomic E-state index is 13.5. The second kappa shape index (κ2) is 16.7. The van der Waals surface area contributed by atoms with Crippen molar-refractivity contribution in [1.29, 1.82) is 0 Å². The summed E-state index contributed by atoms with van der Waals surface area (Å²) >= 11 is 0. The van der Waals surface area contributed by atoms with Gasteiger partial charge in [0.2, 0.25) is 5.91 Å². The summed E-state index contributed by atoms with van der Waals surface area (Å²) in [6.07, 6.45) is 9.02. The topological polar surface area (TPSA) is 140 Å². The molecule has 0 aromatic heterocycles. The Morgan fingerprint density at radius 2 is 1.79 bits per heavy atom. The summed E-state index contributed by atoms with van der Waals surface area (Å²) in [7, 11) is 0. The largest absolute Gasteiger partial charge is 0.445 e. The summed E-state index contributed by atoms with van der Waals surface area (Å²) in [5, 5.41) is 5.12. The highest BCUT2D eigenvalue weighted by Gasteiger charge is 2.34. The van der Waals surface area contributed by atoms with E-state index in [1.165, 1.54) is 0 Å². The molecule has 1 aromatic carbocycles. The summed E-state index contributed by atoms with van der Waals surface area (Å²) in [6.45, 7) is 10.2. The molecule has 2 rings (SSSR count). The highest BCUT2D eigenvalue weighted by molar-refractivity contribution is 5.85. The van der Waals surface area contributed by atoms with Crippen molar-refractivity contribution in [3.8, 4) is 0 Å². The number of amides is 3. The van der Waals surface area contributed by atoms with Crippen LogP contribution in [0.4, 0.5) is 9.59 Å². The van der Waals surface area contributed by atoms with Crippen molar-refractivity contribution in [1.82, 2.24) is 15.5 Å². The first-order chi connectivity index (χ1) is 19.8. The van der Waals surface area contributed by atoms with E-state index >= 15 is 0 Å². The minimum Gasteiger partial charge on any atom is -0.445 e. The van der Waals surface area contributed by atoms with E-state index in [1.807, 2.05) is 42.5 Å². The maximum absolute atomic E-state index is 13.5. The number of alkyl carbamates (subject to hydrolysis) is 2. The lowest BCUT2D eigenvalue weighted by Crippen LogP contribution is -2.49. The van der Waals surface area contributed by atoms with Gasteiger partial charge >= 0.3 is 12.2 Å². The number of nitrogens with one attached hydrogen (secondary N) is 2. The van der Waals surface area contributed by atoms with Crippen LogP contribution in [-0.4, -0.2) is 66.6 Å². The van der Waals surface area contributed by atoms with Crippen LogP contribution in [-0.2, 0) is 25.7 Å². The number of hydrogen-bond acceptors (Lipinski definition) is 7. The van der Waals surface area contributed by atoms with Crippen LogP contribution in [0.3, 0.4) is 0 Å². The lowest BCUT2D eigenvalue weighted by Gasteiger charge is -2.39. The third kappa shape index (κ3) is 12.5. The zero-order chi connectivity index (χ0) is 31.2. The molecule has 0 bridgehead atoms. The first kappa shape index (κ1) is 34.5. The van der Waals surface area contributed by atoms with Gasteiger partial charge in [0.25, 0.3) is 0 Å². The van der Waals surface area contributed by atoms with Crippen LogP contribution in [0.5, 0.6) is 0 Å². The number of ether oxygens (including phenoxy) is 2. The highest BCUT2D eigenvalue weighted by atomic mass is 16.6. The lowest BCUT2D eigenvalue weighted by atomic mass is 9.71. The van der Waals surface area contributed by atoms with Gasteiger partial charge in [0.05, 0.1) is 12.6 Å². The summed E-state index contributed by atoms with van der Waals surface area (Å²) in [4.78, 5) is 51.9. The van der Waals surface area contributed by atoms with Crippen LogP contribution < -0.4 is 16.4 Å². The van der Waals surface area contributed by atoms with Gasteiger partial charge in [-0.25, -0.2) is 9.59 Å². The Bertz CT molecular complexity index is 1100. The zero-order valence-electron chi connectivity index (χ0n) is 25.7. The average molecular weight is 585 g/mol. The molecule has 1 aromatic rings. The van der Waals surface area contributed by atoms with Crippen molar-refractivity contribution in [3.05, 3.63) is 60.2 Å². The Morgan fingerprint density at radius 1 is 1.07 bits per heavy atom. The van der Waals surface area contributed by atoms with E-state index in [0.29, 0.717) is 6.54 Å². The molecule has 10 heteroatoms. The van der Waals surface area contributed by atoms with Crippen molar-refractivity contribution in [3.63, 3.8) is 0 Å². The predicted molar refractivity (Wildman–Crippen MR) is 162 cm³/mol. The SMILES string of the molecule is CC[C@H](CN(CCC(=O)CNC(=O)OCc1ccccc1)C(=O)[C@@H](N)CCNC(=O)OC(C)(C)C)C1(C)C=CC=CC1. The van der Waals surface area contributed by atoms with Gasteiger partial charge in [-0.3, -0.25) is 9.59 Å². The van der Waals surface area contributed by atoms with Gasteiger partial charge in [-0.05, 0) is 50.5 Å². The molecule has 0 fully saturated rings. The maximum Gasteiger partial charge on any atom is 0.407 e. The minimum atomic E-state index is -0.867. The highest BCUT2D eigenvalue weighted by Crippen LogP contribution is 2.38. The number of benzene rings is 1. The van der Waals surface area contributed by atoms with E-state index in [0.717, 1.165) is 18.4 Å². The third-order valence-electron chi connectivity index (χ3n) is 7.20. The molecule has 232 valence electrons. The molecular weight excluding hydrogens is 536 g/mol. The van der Waals surface area contributed by atoms with Crippen LogP contribution in [0.2, 0.25) is 0 Å². The normalized spacial score (nSPS) is 17.6. The number of carbonyl (C=O) groups excluding carboxylic acids is 4. The van der Waals surface area contributed by atoms with Crippen molar-refractivity contribution in [2.45, 2.75) is 78.6 Å². The van der Waals surface area contributed by atoms with Crippen molar-refractivity contribution >= 4 is 23.9 Å².